The van der Waals surface area contributed by atoms with Gasteiger partial charge in [-0.15, -0.1) is 0 Å². The number of rotatable bonds is 4. The first kappa shape index (κ1) is 9.35. The molecule has 2 nitrogen and oxygen atoms in total. The summed E-state index contributed by atoms with van der Waals surface area (Å²) in [6.07, 6.45) is 0. The average Bonchev–Trinajstić information content (AvgIpc) is 1.63. The quantitative estimate of drug-likeness (QED) is 0.480. The van der Waals surface area contributed by atoms with Crippen molar-refractivity contribution >= 4 is 18.2 Å². The molecule has 0 saturated heterocycles. The maximum atomic E-state index is 5.27. The zero-order chi connectivity index (χ0) is 7.33. The third kappa shape index (κ3) is 8.35. The predicted octanol–water partition coefficient (Wildman–Crippen LogP) is 0.446. The van der Waals surface area contributed by atoms with Crippen LogP contribution in [0.2, 0.25) is 19.6 Å². The van der Waals surface area contributed by atoms with E-state index in [9.17, 15) is 0 Å². The van der Waals surface area contributed by atoms with Gasteiger partial charge in [-0.25, -0.2) is 0 Å². The summed E-state index contributed by atoms with van der Waals surface area (Å²) < 4.78 is 8.75. The van der Waals surface area contributed by atoms with Crippen molar-refractivity contribution in [2.24, 2.45) is 0 Å². The smallest absolute Gasteiger partial charge is 0.229 e. The van der Waals surface area contributed by atoms with Gasteiger partial charge in [0.1, 0.15) is 8.24 Å². The molecule has 0 aliphatic carbocycles. The van der Waals surface area contributed by atoms with Crippen molar-refractivity contribution in [3.8, 4) is 0 Å². The van der Waals surface area contributed by atoms with Gasteiger partial charge >= 0.3 is 0 Å². The Balaban J connectivity index is 3.07. The maximum absolute atomic E-state index is 5.27. The Kier molecular flexibility index (Phi) is 4.38. The molecule has 0 radical (unpaired) electrons. The molecule has 0 unspecified atom stereocenters. The van der Waals surface area contributed by atoms with E-state index in [1.807, 2.05) is 6.92 Å². The van der Waals surface area contributed by atoms with Crippen LogP contribution < -0.4 is 4.65 Å². The predicted molar refractivity (Wildman–Crippen MR) is 46.7 cm³/mol. The van der Waals surface area contributed by atoms with Crippen LogP contribution in [0.4, 0.5) is 0 Å². The van der Waals surface area contributed by atoms with Gasteiger partial charge in [-0.3, -0.25) is 0 Å². The van der Waals surface area contributed by atoms with E-state index in [-0.39, 0.29) is 9.92 Å². The van der Waals surface area contributed by atoms with Gasteiger partial charge in [0.25, 0.3) is 0 Å². The van der Waals surface area contributed by atoms with E-state index >= 15 is 0 Å². The van der Waals surface area contributed by atoms with Crippen LogP contribution in [0.1, 0.15) is 6.92 Å². The van der Waals surface area contributed by atoms with Gasteiger partial charge in [0.05, 0.1) is 0 Å². The van der Waals surface area contributed by atoms with Gasteiger partial charge in [0.15, 0.2) is 0 Å². The van der Waals surface area contributed by atoms with Crippen molar-refractivity contribution < 1.29 is 4.43 Å². The fraction of sp³-hybridized carbons (Fsp3) is 1.00. The van der Waals surface area contributed by atoms with Crippen molar-refractivity contribution in [3.05, 3.63) is 0 Å². The molecule has 4 heteroatoms. The van der Waals surface area contributed by atoms with E-state index in [0.29, 0.717) is 0 Å². The molecule has 0 aliphatic heterocycles. The first-order valence-electron chi connectivity index (χ1n) is 3.39. The average molecular weight is 163 g/mol. The minimum absolute atomic E-state index is 0.381. The summed E-state index contributed by atoms with van der Waals surface area (Å²) in [6, 6.07) is 0. The second kappa shape index (κ2) is 4.21. The zero-order valence-electron chi connectivity index (χ0n) is 6.82. The molecule has 0 fully saturated rings. The minimum Gasteiger partial charge on any atom is -0.409 e. The molecule has 0 spiro atoms. The monoisotopic (exact) mass is 163 g/mol. The van der Waals surface area contributed by atoms with Crippen molar-refractivity contribution in [2.75, 3.05) is 6.61 Å². The lowest BCUT2D eigenvalue weighted by Gasteiger charge is -2.16. The highest BCUT2D eigenvalue weighted by atomic mass is 28.4. The molecule has 0 aromatic rings. The Labute approximate surface area is 61.1 Å². The summed E-state index contributed by atoms with van der Waals surface area (Å²) in [4.78, 5) is 0. The van der Waals surface area contributed by atoms with Gasteiger partial charge in [-0.2, -0.15) is 0 Å². The minimum atomic E-state index is -1.01. The van der Waals surface area contributed by atoms with Gasteiger partial charge in [0.2, 0.25) is 9.92 Å². The van der Waals surface area contributed by atoms with E-state index in [0.717, 1.165) is 6.61 Å². The van der Waals surface area contributed by atoms with E-state index in [4.69, 9.17) is 4.43 Å². The van der Waals surface area contributed by atoms with Crippen LogP contribution in [0.3, 0.4) is 0 Å². The lowest BCUT2D eigenvalue weighted by Crippen LogP contribution is -2.44. The summed E-state index contributed by atoms with van der Waals surface area (Å²) >= 11 is 0. The third-order valence-electron chi connectivity index (χ3n) is 0.909. The molecule has 9 heavy (non-hydrogen) atoms. The summed E-state index contributed by atoms with van der Waals surface area (Å²) in [5, 5.41) is 0. The van der Waals surface area contributed by atoms with Crippen LogP contribution in [0.15, 0.2) is 0 Å². The molecule has 0 bridgehead atoms. The van der Waals surface area contributed by atoms with E-state index in [2.05, 4.69) is 24.3 Å². The summed E-state index contributed by atoms with van der Waals surface area (Å²) in [5.41, 5.74) is 0. The normalized spacial score (nSPS) is 13.3. The molecule has 0 aromatic carbocycles. The van der Waals surface area contributed by atoms with Gasteiger partial charge in [0, 0.05) is 6.61 Å². The molecular formula is C5H17NOSi2. The topological polar surface area (TPSA) is 21.3 Å². The van der Waals surface area contributed by atoms with Crippen LogP contribution in [-0.2, 0) is 4.43 Å². The van der Waals surface area contributed by atoms with Gasteiger partial charge in [-0.1, -0.05) is 19.6 Å². The Hall–Kier alpha value is 0.354. The summed E-state index contributed by atoms with van der Waals surface area (Å²) in [5.74, 6) is 0. The molecular weight excluding hydrogens is 146 g/mol. The lowest BCUT2D eigenvalue weighted by molar-refractivity contribution is 0.357. The van der Waals surface area contributed by atoms with Crippen molar-refractivity contribution in [1.29, 1.82) is 0 Å². The highest BCUT2D eigenvalue weighted by Crippen LogP contribution is 1.91. The van der Waals surface area contributed by atoms with Gasteiger partial charge in [-0.05, 0) is 6.92 Å². The van der Waals surface area contributed by atoms with E-state index < -0.39 is 8.24 Å². The third-order valence-corrected chi connectivity index (χ3v) is 6.34. The molecule has 0 aromatic heterocycles. The number of hydrogen-bond donors (Lipinski definition) is 1. The van der Waals surface area contributed by atoms with Crippen LogP contribution >= 0.6 is 0 Å². The Morgan fingerprint density at radius 2 is 2.00 bits per heavy atom. The molecule has 0 heterocycles. The second-order valence-electron chi connectivity index (χ2n) is 3.06. The lowest BCUT2D eigenvalue weighted by atomic mass is 10.9. The maximum Gasteiger partial charge on any atom is 0.229 e. The zero-order valence-corrected chi connectivity index (χ0v) is 9.24. The standard InChI is InChI=1S/C5H17NOSi2/c1-5-7-8-6-9(2,3)4/h6H,5,8H2,1-4H3. The molecule has 0 saturated carbocycles. The van der Waals surface area contributed by atoms with Crippen LogP contribution in [0.5, 0.6) is 0 Å². The largest absolute Gasteiger partial charge is 0.409 e. The van der Waals surface area contributed by atoms with Crippen LogP contribution in [-0.4, -0.2) is 24.8 Å². The fourth-order valence-corrected chi connectivity index (χ4v) is 2.71. The highest BCUT2D eigenvalue weighted by molar-refractivity contribution is 6.78. The van der Waals surface area contributed by atoms with E-state index in [1.54, 1.807) is 0 Å². The van der Waals surface area contributed by atoms with Gasteiger partial charge < -0.3 is 9.07 Å². The second-order valence-corrected chi connectivity index (χ2v) is 9.68. The number of hydrogen-bond acceptors (Lipinski definition) is 2. The molecule has 0 rings (SSSR count). The first-order valence-corrected chi connectivity index (χ1v) is 8.17. The molecule has 0 amide bonds. The van der Waals surface area contributed by atoms with Crippen molar-refractivity contribution in [2.45, 2.75) is 26.6 Å². The molecule has 0 atom stereocenters. The fourth-order valence-electron chi connectivity index (χ4n) is 0.370. The Morgan fingerprint density at radius 3 is 2.33 bits per heavy atom. The Bertz CT molecular complexity index is 71.8. The van der Waals surface area contributed by atoms with Crippen LogP contribution in [0.25, 0.3) is 0 Å². The number of nitrogens with one attached hydrogen (secondary N) is 1. The first-order chi connectivity index (χ1) is 4.06. The summed E-state index contributed by atoms with van der Waals surface area (Å²) in [6.45, 7) is 9.78. The van der Waals surface area contributed by atoms with Crippen molar-refractivity contribution in [3.63, 3.8) is 0 Å². The van der Waals surface area contributed by atoms with Crippen molar-refractivity contribution in [1.82, 2.24) is 4.65 Å². The molecule has 56 valence electrons. The van der Waals surface area contributed by atoms with E-state index in [1.165, 1.54) is 0 Å². The summed E-state index contributed by atoms with van der Waals surface area (Å²) in [7, 11) is -1.39. The molecule has 0 aliphatic rings. The van der Waals surface area contributed by atoms with Crippen LogP contribution in [0, 0.1) is 0 Å². The molecule has 1 N–H and O–H groups in total. The Morgan fingerprint density at radius 1 is 1.44 bits per heavy atom. The highest BCUT2D eigenvalue weighted by Gasteiger charge is 2.10. The SMILES string of the molecule is CCO[SiH2]N[Si](C)(C)C.